The van der Waals surface area contributed by atoms with E-state index in [9.17, 15) is 0 Å². The Balaban J connectivity index is 2.82. The van der Waals surface area contributed by atoms with Crippen LogP contribution >= 0.6 is 24.0 Å². The van der Waals surface area contributed by atoms with E-state index in [0.29, 0.717) is 0 Å². The highest BCUT2D eigenvalue weighted by molar-refractivity contribution is 8.22. The van der Waals surface area contributed by atoms with Crippen molar-refractivity contribution in [2.24, 2.45) is 0 Å². The molecule has 0 aromatic heterocycles. The fourth-order valence-electron chi connectivity index (χ4n) is 1.18. The molecule has 0 fully saturated rings. The first-order valence-electron chi connectivity index (χ1n) is 4.46. The van der Waals surface area contributed by atoms with Crippen LogP contribution in [0.4, 0.5) is 0 Å². The van der Waals surface area contributed by atoms with Gasteiger partial charge in [-0.2, -0.15) is 0 Å². The summed E-state index contributed by atoms with van der Waals surface area (Å²) in [4.78, 5) is 3.18. The normalized spacial score (nSPS) is 10.0. The zero-order valence-corrected chi connectivity index (χ0v) is 10.6. The first-order chi connectivity index (χ1) is 6.49. The second-order valence-corrected chi connectivity index (χ2v) is 5.29. The van der Waals surface area contributed by atoms with Crippen molar-refractivity contribution in [3.63, 3.8) is 0 Å². The van der Waals surface area contributed by atoms with Crippen LogP contribution in [-0.4, -0.2) is 23.3 Å². The van der Waals surface area contributed by atoms with Crippen molar-refractivity contribution in [2.75, 3.05) is 14.1 Å². The van der Waals surface area contributed by atoms with Crippen molar-refractivity contribution < 1.29 is 0 Å². The zero-order chi connectivity index (χ0) is 10.7. The van der Waals surface area contributed by atoms with Gasteiger partial charge in [0.1, 0.15) is 4.32 Å². The molecule has 0 aliphatic heterocycles. The molecule has 0 aliphatic rings. The van der Waals surface area contributed by atoms with Crippen LogP contribution in [0, 0.1) is 13.8 Å². The van der Waals surface area contributed by atoms with Gasteiger partial charge >= 0.3 is 0 Å². The molecule has 1 nitrogen and oxygen atoms in total. The average Bonchev–Trinajstić information content (AvgIpc) is 2.01. The lowest BCUT2D eigenvalue weighted by Gasteiger charge is -2.13. The standard InChI is InChI=1S/C11H15NS2/c1-8-5-9(2)7-10(6-8)14-11(13)12(3)4/h5-7H,1-4H3. The predicted molar refractivity (Wildman–Crippen MR) is 68.1 cm³/mol. The molecule has 0 spiro atoms. The summed E-state index contributed by atoms with van der Waals surface area (Å²) in [6.07, 6.45) is 0. The number of hydrogen-bond acceptors (Lipinski definition) is 2. The predicted octanol–water partition coefficient (Wildman–Crippen LogP) is 3.24. The molecule has 14 heavy (non-hydrogen) atoms. The lowest BCUT2D eigenvalue weighted by Crippen LogP contribution is -2.15. The Morgan fingerprint density at radius 1 is 1.14 bits per heavy atom. The van der Waals surface area contributed by atoms with Gasteiger partial charge < -0.3 is 4.90 Å². The second kappa shape index (κ2) is 4.80. The molecule has 0 saturated carbocycles. The van der Waals surface area contributed by atoms with Gasteiger partial charge in [-0.15, -0.1) is 0 Å². The number of nitrogens with zero attached hydrogens (tertiary/aromatic N) is 1. The van der Waals surface area contributed by atoms with E-state index in [-0.39, 0.29) is 0 Å². The largest absolute Gasteiger partial charge is 0.363 e. The summed E-state index contributed by atoms with van der Waals surface area (Å²) in [5.74, 6) is 0. The number of thiocarbonyl (C=S) groups is 1. The molecular formula is C11H15NS2. The highest BCUT2D eigenvalue weighted by Gasteiger charge is 2.03. The SMILES string of the molecule is Cc1cc(C)cc(SC(=S)N(C)C)c1. The number of thioether (sulfide) groups is 1. The van der Waals surface area contributed by atoms with E-state index in [1.54, 1.807) is 11.8 Å². The van der Waals surface area contributed by atoms with Crippen LogP contribution in [0.2, 0.25) is 0 Å². The van der Waals surface area contributed by atoms with E-state index in [2.05, 4.69) is 32.0 Å². The highest BCUT2D eigenvalue weighted by atomic mass is 32.2. The molecule has 0 amide bonds. The van der Waals surface area contributed by atoms with Gasteiger partial charge in [-0.3, -0.25) is 0 Å². The van der Waals surface area contributed by atoms with E-state index in [1.165, 1.54) is 16.0 Å². The number of hydrogen-bond donors (Lipinski definition) is 0. The summed E-state index contributed by atoms with van der Waals surface area (Å²) >= 11 is 6.87. The van der Waals surface area contributed by atoms with Crippen molar-refractivity contribution >= 4 is 28.3 Å². The minimum atomic E-state index is 0.898. The van der Waals surface area contributed by atoms with Gasteiger partial charge in [-0.1, -0.05) is 30.0 Å². The Morgan fingerprint density at radius 2 is 1.64 bits per heavy atom. The van der Waals surface area contributed by atoms with Crippen molar-refractivity contribution in [1.29, 1.82) is 0 Å². The number of aryl methyl sites for hydroxylation is 2. The van der Waals surface area contributed by atoms with Crippen LogP contribution in [0.3, 0.4) is 0 Å². The smallest absolute Gasteiger partial charge is 0.140 e. The summed E-state index contributed by atoms with van der Waals surface area (Å²) in [5.41, 5.74) is 2.57. The molecule has 76 valence electrons. The number of benzene rings is 1. The topological polar surface area (TPSA) is 3.24 Å². The van der Waals surface area contributed by atoms with E-state index in [0.717, 1.165) is 4.32 Å². The van der Waals surface area contributed by atoms with Crippen molar-refractivity contribution in [3.8, 4) is 0 Å². The molecule has 1 aromatic carbocycles. The molecule has 3 heteroatoms. The fourth-order valence-corrected chi connectivity index (χ4v) is 2.35. The van der Waals surface area contributed by atoms with Gasteiger partial charge in [-0.25, -0.2) is 0 Å². The summed E-state index contributed by atoms with van der Waals surface area (Å²) in [6.45, 7) is 4.21. The minimum absolute atomic E-state index is 0.898. The van der Waals surface area contributed by atoms with Gasteiger partial charge in [0.15, 0.2) is 0 Å². The van der Waals surface area contributed by atoms with E-state index < -0.39 is 0 Å². The molecule has 0 aliphatic carbocycles. The molecule has 0 saturated heterocycles. The lowest BCUT2D eigenvalue weighted by atomic mass is 10.2. The summed E-state index contributed by atoms with van der Waals surface area (Å²) < 4.78 is 0.898. The van der Waals surface area contributed by atoms with E-state index >= 15 is 0 Å². The molecule has 1 rings (SSSR count). The molecule has 0 atom stereocenters. The van der Waals surface area contributed by atoms with Gasteiger partial charge in [0, 0.05) is 19.0 Å². The molecule has 0 N–H and O–H groups in total. The molecule has 1 aromatic rings. The average molecular weight is 225 g/mol. The van der Waals surface area contributed by atoms with Crippen molar-refractivity contribution in [3.05, 3.63) is 29.3 Å². The maximum Gasteiger partial charge on any atom is 0.140 e. The molecule has 0 radical (unpaired) electrons. The Morgan fingerprint density at radius 3 is 2.07 bits per heavy atom. The molecule has 0 unspecified atom stereocenters. The van der Waals surface area contributed by atoms with Crippen molar-refractivity contribution in [2.45, 2.75) is 18.7 Å². The van der Waals surface area contributed by atoms with Crippen LogP contribution in [-0.2, 0) is 0 Å². The first-order valence-corrected chi connectivity index (χ1v) is 5.69. The van der Waals surface area contributed by atoms with E-state index in [4.69, 9.17) is 12.2 Å². The van der Waals surface area contributed by atoms with Gasteiger partial charge in [-0.05, 0) is 37.1 Å². The van der Waals surface area contributed by atoms with Gasteiger partial charge in [0.05, 0.1) is 0 Å². The maximum atomic E-state index is 5.24. The van der Waals surface area contributed by atoms with Crippen LogP contribution < -0.4 is 0 Å². The highest BCUT2D eigenvalue weighted by Crippen LogP contribution is 2.23. The minimum Gasteiger partial charge on any atom is -0.363 e. The molecule has 0 heterocycles. The third-order valence-corrected chi connectivity index (χ3v) is 3.39. The first kappa shape index (κ1) is 11.5. The second-order valence-electron chi connectivity index (χ2n) is 3.59. The summed E-state index contributed by atoms with van der Waals surface area (Å²) in [6, 6.07) is 6.49. The Bertz CT molecular complexity index is 325. The zero-order valence-electron chi connectivity index (χ0n) is 9.00. The Hall–Kier alpha value is -0.540. The quantitative estimate of drug-likeness (QED) is 0.533. The van der Waals surface area contributed by atoms with Gasteiger partial charge in [0.25, 0.3) is 0 Å². The summed E-state index contributed by atoms with van der Waals surface area (Å²) in [5, 5.41) is 0. The van der Waals surface area contributed by atoms with E-state index in [1.807, 2.05) is 19.0 Å². The lowest BCUT2D eigenvalue weighted by molar-refractivity contribution is 0.648. The van der Waals surface area contributed by atoms with Crippen LogP contribution in [0.15, 0.2) is 23.1 Å². The Labute approximate surface area is 95.5 Å². The maximum absolute atomic E-state index is 5.24. The monoisotopic (exact) mass is 225 g/mol. The summed E-state index contributed by atoms with van der Waals surface area (Å²) in [7, 11) is 3.94. The van der Waals surface area contributed by atoms with Crippen LogP contribution in [0.5, 0.6) is 0 Å². The number of rotatable bonds is 1. The fraction of sp³-hybridized carbons (Fsp3) is 0.364. The molecular weight excluding hydrogens is 210 g/mol. The van der Waals surface area contributed by atoms with Crippen molar-refractivity contribution in [1.82, 2.24) is 4.90 Å². The third kappa shape index (κ3) is 3.31. The van der Waals surface area contributed by atoms with Gasteiger partial charge in [0.2, 0.25) is 0 Å². The van der Waals surface area contributed by atoms with Crippen LogP contribution in [0.25, 0.3) is 0 Å². The third-order valence-electron chi connectivity index (χ3n) is 1.77. The Kier molecular flexibility index (Phi) is 3.96. The molecule has 0 bridgehead atoms. The van der Waals surface area contributed by atoms with Crippen LogP contribution in [0.1, 0.15) is 11.1 Å².